The summed E-state index contributed by atoms with van der Waals surface area (Å²) in [4.78, 5) is 37.1. The Kier molecular flexibility index (Phi) is 11.0. The first-order valence-electron chi connectivity index (χ1n) is 14.0. The Morgan fingerprint density at radius 3 is 2.62 bits per heavy atom. The first-order chi connectivity index (χ1) is 18.9. The maximum atomic E-state index is 14.3. The lowest BCUT2D eigenvalue weighted by molar-refractivity contribution is -0.156. The molecule has 3 aliphatic heterocycles. The van der Waals surface area contributed by atoms with Crippen LogP contribution in [0.3, 0.4) is 0 Å². The highest BCUT2D eigenvalue weighted by atomic mass is 35.5. The van der Waals surface area contributed by atoms with Crippen LogP contribution in [0.5, 0.6) is 0 Å². The number of hydrogen-bond acceptors (Lipinski definition) is 6. The molecule has 2 aromatic rings. The van der Waals surface area contributed by atoms with Crippen LogP contribution in [0.15, 0.2) is 30.5 Å². The molecule has 1 aromatic carbocycles. The molecule has 42 heavy (non-hydrogen) atoms. The smallest absolute Gasteiger partial charge is 0.248 e. The fourth-order valence-electron chi connectivity index (χ4n) is 6.05. The van der Waals surface area contributed by atoms with Crippen molar-refractivity contribution in [2.45, 2.75) is 70.7 Å². The van der Waals surface area contributed by atoms with E-state index < -0.39 is 11.6 Å². The Morgan fingerprint density at radius 2 is 1.90 bits per heavy atom. The van der Waals surface area contributed by atoms with Crippen molar-refractivity contribution in [3.63, 3.8) is 0 Å². The Labute approximate surface area is 259 Å². The first kappa shape index (κ1) is 34.1. The Balaban J connectivity index is 0.00000242. The van der Waals surface area contributed by atoms with Gasteiger partial charge < -0.3 is 19.9 Å². The number of piperazine rings is 1. The van der Waals surface area contributed by atoms with Crippen LogP contribution in [0, 0.1) is 11.6 Å². The number of fused-ring (bicyclic) bond motifs is 1. The molecular weight excluding hydrogens is 587 g/mol. The van der Waals surface area contributed by atoms with Crippen molar-refractivity contribution < 1.29 is 23.1 Å². The monoisotopic (exact) mass is 627 g/mol. The number of nitrogens with zero attached hydrogens (tertiary/aromatic N) is 4. The van der Waals surface area contributed by atoms with Crippen LogP contribution in [0.4, 0.5) is 14.5 Å². The molecule has 4 heterocycles. The van der Waals surface area contributed by atoms with Gasteiger partial charge in [0, 0.05) is 62.4 Å². The normalized spacial score (nSPS) is 25.5. The van der Waals surface area contributed by atoms with Gasteiger partial charge in [-0.25, -0.2) is 8.78 Å². The molecule has 0 spiro atoms. The minimum Gasteiger partial charge on any atom is -0.367 e. The molecule has 5 rings (SSSR count). The van der Waals surface area contributed by atoms with E-state index in [0.717, 1.165) is 23.0 Å². The molecule has 2 fully saturated rings. The summed E-state index contributed by atoms with van der Waals surface area (Å²) < 4.78 is 33.3. The van der Waals surface area contributed by atoms with Crippen molar-refractivity contribution in [3.8, 4) is 0 Å². The number of halogens is 4. The Morgan fingerprint density at radius 1 is 1.17 bits per heavy atom. The molecule has 0 bridgehead atoms. The molecule has 4 atom stereocenters. The lowest BCUT2D eigenvalue weighted by atomic mass is 9.91. The number of rotatable bonds is 6. The number of benzene rings is 1. The second-order valence-corrected chi connectivity index (χ2v) is 12.2. The molecule has 0 aliphatic carbocycles. The van der Waals surface area contributed by atoms with Crippen molar-refractivity contribution in [1.82, 2.24) is 20.1 Å². The van der Waals surface area contributed by atoms with Crippen molar-refractivity contribution >= 4 is 42.3 Å². The number of carbonyl (C=O) groups is 2. The quantitative estimate of drug-likeness (QED) is 0.526. The zero-order valence-corrected chi connectivity index (χ0v) is 26.4. The molecule has 1 aromatic heterocycles. The third kappa shape index (κ3) is 7.05. The van der Waals surface area contributed by atoms with Gasteiger partial charge in [-0.2, -0.15) is 0 Å². The van der Waals surface area contributed by atoms with Gasteiger partial charge in [-0.15, -0.1) is 24.8 Å². The van der Waals surface area contributed by atoms with Gasteiger partial charge >= 0.3 is 0 Å². The number of ether oxygens (including phenoxy) is 1. The van der Waals surface area contributed by atoms with Crippen molar-refractivity contribution in [1.29, 1.82) is 0 Å². The predicted octanol–water partition coefficient (Wildman–Crippen LogP) is 3.72. The number of amides is 2. The maximum Gasteiger partial charge on any atom is 0.248 e. The Hall–Kier alpha value is -2.37. The van der Waals surface area contributed by atoms with Gasteiger partial charge in [-0.1, -0.05) is 19.9 Å². The second kappa shape index (κ2) is 13.5. The van der Waals surface area contributed by atoms with Crippen LogP contribution in [-0.2, 0) is 26.2 Å². The summed E-state index contributed by atoms with van der Waals surface area (Å²) in [7, 11) is 0. The van der Waals surface area contributed by atoms with Gasteiger partial charge in [0.2, 0.25) is 11.8 Å². The summed E-state index contributed by atoms with van der Waals surface area (Å²) in [6.45, 7) is 12.9. The molecule has 2 amide bonds. The van der Waals surface area contributed by atoms with Gasteiger partial charge in [0.05, 0.1) is 30.1 Å². The van der Waals surface area contributed by atoms with E-state index in [9.17, 15) is 18.4 Å². The summed E-state index contributed by atoms with van der Waals surface area (Å²) in [5, 5.41) is 3.50. The summed E-state index contributed by atoms with van der Waals surface area (Å²) in [5.74, 6) is -1.28. The summed E-state index contributed by atoms with van der Waals surface area (Å²) in [6, 6.07) is 5.63. The van der Waals surface area contributed by atoms with Crippen LogP contribution in [0.2, 0.25) is 0 Å². The fraction of sp³-hybridized carbons (Fsp3) is 0.567. The lowest BCUT2D eigenvalue weighted by Crippen LogP contribution is -2.63. The van der Waals surface area contributed by atoms with Crippen molar-refractivity contribution in [2.24, 2.45) is 0 Å². The molecule has 232 valence electrons. The molecule has 2 saturated heterocycles. The van der Waals surface area contributed by atoms with Crippen LogP contribution in [0.25, 0.3) is 0 Å². The lowest BCUT2D eigenvalue weighted by Gasteiger charge is -2.45. The van der Waals surface area contributed by atoms with Crippen molar-refractivity contribution in [2.75, 3.05) is 44.2 Å². The first-order valence-corrected chi connectivity index (χ1v) is 14.0. The zero-order valence-electron chi connectivity index (χ0n) is 24.7. The van der Waals surface area contributed by atoms with Crippen LogP contribution >= 0.6 is 24.8 Å². The summed E-state index contributed by atoms with van der Waals surface area (Å²) in [5.41, 5.74) is 2.35. The van der Waals surface area contributed by atoms with E-state index in [1.54, 1.807) is 11.1 Å². The summed E-state index contributed by atoms with van der Waals surface area (Å²) in [6.07, 6.45) is 1.92. The molecule has 0 saturated carbocycles. The number of hydrogen-bond donors (Lipinski definition) is 1. The number of nitrogens with one attached hydrogen (secondary N) is 1. The van der Waals surface area contributed by atoms with Gasteiger partial charge in [0.1, 0.15) is 18.2 Å². The topological polar surface area (TPSA) is 78.0 Å². The highest BCUT2D eigenvalue weighted by Gasteiger charge is 2.41. The number of anilines is 1. The average molecular weight is 629 g/mol. The number of carbonyl (C=O) groups excluding carboxylic acids is 2. The maximum absolute atomic E-state index is 14.3. The third-order valence-electron chi connectivity index (χ3n) is 8.55. The second-order valence-electron chi connectivity index (χ2n) is 12.2. The molecule has 8 nitrogen and oxygen atoms in total. The minimum absolute atomic E-state index is 0. The minimum atomic E-state index is -0.616. The fourth-order valence-corrected chi connectivity index (χ4v) is 6.05. The molecular formula is C30H41Cl2F2N5O3. The third-order valence-corrected chi connectivity index (χ3v) is 8.55. The van der Waals surface area contributed by atoms with E-state index in [2.05, 4.69) is 31.0 Å². The highest BCUT2D eigenvalue weighted by molar-refractivity contribution is 5.97. The zero-order chi connectivity index (χ0) is 28.8. The Bertz CT molecular complexity index is 1300. The summed E-state index contributed by atoms with van der Waals surface area (Å²) >= 11 is 0. The van der Waals surface area contributed by atoms with Gasteiger partial charge in [0.25, 0.3) is 0 Å². The predicted molar refractivity (Wildman–Crippen MR) is 163 cm³/mol. The standard InChI is InChI=1S/C30H39F2N5O3.2ClH/c1-18-13-35(24(12-33-18)14-36-19(2)20(3)40-16-28(36)39)15-27(38)37-17-30(4,5)29-26(37)9-21(11-34-29)8-22-6-7-23(31)10-25(22)32;;/h6-7,9-11,18-20,24,33H,8,12-17H2,1-5H3;2*1H/t18-,19-,20+,24-;;/m1../s1. The molecule has 0 radical (unpaired) electrons. The number of pyridine rings is 1. The molecule has 1 N–H and O–H groups in total. The molecule has 3 aliphatic rings. The molecule has 0 unspecified atom stereocenters. The van der Waals surface area contributed by atoms with E-state index in [0.29, 0.717) is 31.7 Å². The van der Waals surface area contributed by atoms with E-state index in [1.165, 1.54) is 12.1 Å². The van der Waals surface area contributed by atoms with Gasteiger partial charge in [0.15, 0.2) is 0 Å². The SMILES string of the molecule is C[C@@H]1CN(CC(=O)N2CC(C)(C)c3ncc(Cc4ccc(F)cc4F)cc32)[C@@H](CN2C(=O)CO[C@@H](C)[C@H]2C)CN1.Cl.Cl. The highest BCUT2D eigenvalue weighted by Crippen LogP contribution is 2.40. The van der Waals surface area contributed by atoms with Crippen LogP contribution in [0.1, 0.15) is 51.4 Å². The van der Waals surface area contributed by atoms with Gasteiger partial charge in [-0.05, 0) is 44.0 Å². The van der Waals surface area contributed by atoms with E-state index in [4.69, 9.17) is 9.72 Å². The number of morpholine rings is 1. The number of aromatic nitrogens is 1. The van der Waals surface area contributed by atoms with E-state index >= 15 is 0 Å². The van der Waals surface area contributed by atoms with Crippen LogP contribution in [-0.4, -0.2) is 90.2 Å². The molecule has 12 heteroatoms. The van der Waals surface area contributed by atoms with Crippen LogP contribution < -0.4 is 10.2 Å². The average Bonchev–Trinajstić information content (AvgIpc) is 3.17. The van der Waals surface area contributed by atoms with E-state index in [1.807, 2.05) is 24.8 Å². The largest absolute Gasteiger partial charge is 0.367 e. The van der Waals surface area contributed by atoms with Gasteiger partial charge in [-0.3, -0.25) is 19.5 Å². The van der Waals surface area contributed by atoms with E-state index in [-0.39, 0.29) is 85.8 Å². The van der Waals surface area contributed by atoms with Crippen molar-refractivity contribution in [3.05, 3.63) is 58.9 Å².